The topological polar surface area (TPSA) is 21.3 Å². The van der Waals surface area contributed by atoms with Crippen LogP contribution in [0.5, 0.6) is 0 Å². The lowest BCUT2D eigenvalue weighted by Crippen LogP contribution is -2.09. The van der Waals surface area contributed by atoms with E-state index in [1.54, 1.807) is 0 Å². The number of anilines is 3. The van der Waals surface area contributed by atoms with Crippen molar-refractivity contribution in [3.8, 4) is 50.2 Å². The van der Waals surface area contributed by atoms with Gasteiger partial charge in [0.05, 0.1) is 11.0 Å². The Morgan fingerprint density at radius 2 is 0.716 bits per heavy atom. The van der Waals surface area contributed by atoms with Crippen molar-refractivity contribution >= 4 is 71.6 Å². The van der Waals surface area contributed by atoms with Gasteiger partial charge in [0, 0.05) is 44.3 Å². The zero-order valence-corrected chi connectivity index (χ0v) is 36.6. The third-order valence-corrected chi connectivity index (χ3v) is 13.4. The van der Waals surface area contributed by atoms with Gasteiger partial charge in [-0.3, -0.25) is 0 Å². The van der Waals surface area contributed by atoms with Crippen LogP contribution in [0.4, 0.5) is 17.1 Å². The minimum Gasteiger partial charge on any atom is -0.456 e. The Labute approximate surface area is 388 Å². The van der Waals surface area contributed by atoms with Gasteiger partial charge in [-0.2, -0.15) is 0 Å². The first-order chi connectivity index (χ1) is 33.2. The number of nitrogens with zero attached hydrogens (tertiary/aromatic N) is 2. The van der Waals surface area contributed by atoms with Crippen LogP contribution in [0.25, 0.3) is 105 Å². The van der Waals surface area contributed by atoms with Gasteiger partial charge in [0.1, 0.15) is 11.2 Å². The van der Waals surface area contributed by atoms with Crippen LogP contribution < -0.4 is 4.90 Å². The average molecular weight is 855 g/mol. The van der Waals surface area contributed by atoms with E-state index in [4.69, 9.17) is 4.42 Å². The summed E-state index contributed by atoms with van der Waals surface area (Å²) in [5, 5.41) is 7.26. The van der Waals surface area contributed by atoms with E-state index in [1.165, 1.54) is 66.0 Å². The van der Waals surface area contributed by atoms with Gasteiger partial charge in [-0.05, 0) is 134 Å². The lowest BCUT2D eigenvalue weighted by molar-refractivity contribution is 0.669. The second-order valence-electron chi connectivity index (χ2n) is 17.3. The van der Waals surface area contributed by atoms with E-state index in [2.05, 4.69) is 252 Å². The summed E-state index contributed by atoms with van der Waals surface area (Å²) < 4.78 is 8.57. The summed E-state index contributed by atoms with van der Waals surface area (Å²) in [5.41, 5.74) is 18.1. The Kier molecular flexibility index (Phi) is 9.17. The molecule has 0 aliphatic carbocycles. The van der Waals surface area contributed by atoms with Crippen LogP contribution in [0, 0.1) is 0 Å². The molecule has 0 bridgehead atoms. The quantitative estimate of drug-likeness (QED) is 0.152. The standard InChI is InChI=1S/C64H42N2O/c1-2-11-50-41-56(38-32-43(50)10-1)65(54-36-30-47(31-37-54)45-22-26-49(27-23-45)52-33-39-60-59-16-5-8-19-63(59)67-64(60)42-52)53-34-28-46(29-35-53)44-20-24-48(25-21-44)51-12-9-13-55(40-51)66-61-17-6-3-14-57(61)58-15-4-7-18-62(58)66/h1-42H. The average Bonchev–Trinajstić information content (AvgIpc) is 3.95. The highest BCUT2D eigenvalue weighted by Crippen LogP contribution is 2.40. The Bertz CT molecular complexity index is 3900. The van der Waals surface area contributed by atoms with Crippen molar-refractivity contribution in [2.45, 2.75) is 0 Å². The molecule has 11 aromatic carbocycles. The van der Waals surface area contributed by atoms with Crippen molar-refractivity contribution in [3.63, 3.8) is 0 Å². The Morgan fingerprint density at radius 1 is 0.269 bits per heavy atom. The fraction of sp³-hybridized carbons (Fsp3) is 0. The van der Waals surface area contributed by atoms with Crippen LogP contribution in [0.2, 0.25) is 0 Å². The van der Waals surface area contributed by atoms with Crippen molar-refractivity contribution in [3.05, 3.63) is 255 Å². The molecule has 13 aromatic rings. The van der Waals surface area contributed by atoms with Crippen LogP contribution in [0.15, 0.2) is 259 Å². The maximum Gasteiger partial charge on any atom is 0.136 e. The highest BCUT2D eigenvalue weighted by Gasteiger charge is 2.16. The van der Waals surface area contributed by atoms with Gasteiger partial charge in [-0.25, -0.2) is 0 Å². The maximum atomic E-state index is 6.19. The van der Waals surface area contributed by atoms with Gasteiger partial charge < -0.3 is 13.9 Å². The van der Waals surface area contributed by atoms with Gasteiger partial charge in [-0.15, -0.1) is 0 Å². The first-order valence-corrected chi connectivity index (χ1v) is 22.9. The lowest BCUT2D eigenvalue weighted by atomic mass is 9.99. The van der Waals surface area contributed by atoms with Crippen LogP contribution in [-0.4, -0.2) is 4.57 Å². The van der Waals surface area contributed by atoms with Gasteiger partial charge in [0.2, 0.25) is 0 Å². The summed E-state index contributed by atoms with van der Waals surface area (Å²) in [6.07, 6.45) is 0. The summed E-state index contributed by atoms with van der Waals surface area (Å²) in [7, 11) is 0. The van der Waals surface area contributed by atoms with Crippen LogP contribution in [-0.2, 0) is 0 Å². The molecule has 0 fully saturated rings. The molecule has 3 nitrogen and oxygen atoms in total. The van der Waals surface area contributed by atoms with E-state index in [0.717, 1.165) is 55.8 Å². The molecule has 0 saturated heterocycles. The predicted octanol–water partition coefficient (Wildman–Crippen LogP) is 18.0. The molecule has 0 saturated carbocycles. The third-order valence-electron chi connectivity index (χ3n) is 13.4. The molecule has 0 amide bonds. The molecule has 67 heavy (non-hydrogen) atoms. The first-order valence-electron chi connectivity index (χ1n) is 22.9. The number of benzene rings is 11. The first kappa shape index (κ1) is 38.5. The molecule has 0 N–H and O–H groups in total. The monoisotopic (exact) mass is 854 g/mol. The second-order valence-corrected chi connectivity index (χ2v) is 17.3. The fourth-order valence-electron chi connectivity index (χ4n) is 10.0. The summed E-state index contributed by atoms with van der Waals surface area (Å²) >= 11 is 0. The van der Waals surface area contributed by atoms with Crippen LogP contribution in [0.1, 0.15) is 0 Å². The largest absolute Gasteiger partial charge is 0.456 e. The van der Waals surface area contributed by atoms with E-state index < -0.39 is 0 Å². The molecule has 0 aliphatic rings. The molecule has 0 unspecified atom stereocenters. The SMILES string of the molecule is c1cc(-c2ccc(-c3ccc(N(c4ccc(-c5ccc(-c6ccc7c(c6)oc6ccccc67)cc5)cc4)c4ccc5ccccc5c4)cc3)cc2)cc(-n2c3ccccc3c3ccccc32)c1. The zero-order chi connectivity index (χ0) is 44.3. The number of para-hydroxylation sites is 3. The summed E-state index contributed by atoms with van der Waals surface area (Å²) in [5.74, 6) is 0. The Hall–Kier alpha value is -8.92. The molecular formula is C64H42N2O. The molecule has 3 heteroatoms. The van der Waals surface area contributed by atoms with Gasteiger partial charge in [0.25, 0.3) is 0 Å². The fourth-order valence-corrected chi connectivity index (χ4v) is 10.0. The molecule has 0 aliphatic heterocycles. The summed E-state index contributed by atoms with van der Waals surface area (Å²) in [6.45, 7) is 0. The van der Waals surface area contributed by atoms with E-state index in [1.807, 2.05) is 12.1 Å². The van der Waals surface area contributed by atoms with Crippen molar-refractivity contribution in [2.75, 3.05) is 4.90 Å². The zero-order valence-electron chi connectivity index (χ0n) is 36.6. The Morgan fingerprint density at radius 3 is 1.33 bits per heavy atom. The number of hydrogen-bond donors (Lipinski definition) is 0. The third kappa shape index (κ3) is 6.84. The van der Waals surface area contributed by atoms with Gasteiger partial charge >= 0.3 is 0 Å². The number of fused-ring (bicyclic) bond motifs is 7. The maximum absolute atomic E-state index is 6.19. The van der Waals surface area contributed by atoms with E-state index >= 15 is 0 Å². The number of furan rings is 1. The minimum atomic E-state index is 0.910. The lowest BCUT2D eigenvalue weighted by Gasteiger charge is -2.26. The molecule has 0 radical (unpaired) electrons. The highest BCUT2D eigenvalue weighted by molar-refractivity contribution is 6.09. The molecular weight excluding hydrogens is 813 g/mol. The van der Waals surface area contributed by atoms with Crippen molar-refractivity contribution in [2.24, 2.45) is 0 Å². The van der Waals surface area contributed by atoms with Gasteiger partial charge in [-0.1, -0.05) is 176 Å². The molecule has 0 spiro atoms. The molecule has 0 atom stereocenters. The number of rotatable bonds is 8. The molecule has 2 aromatic heterocycles. The van der Waals surface area contributed by atoms with E-state index in [9.17, 15) is 0 Å². The molecule has 13 rings (SSSR count). The Balaban J connectivity index is 0.783. The van der Waals surface area contributed by atoms with E-state index in [0.29, 0.717) is 0 Å². The van der Waals surface area contributed by atoms with Crippen molar-refractivity contribution in [1.29, 1.82) is 0 Å². The minimum absolute atomic E-state index is 0.910. The van der Waals surface area contributed by atoms with Crippen molar-refractivity contribution < 1.29 is 4.42 Å². The van der Waals surface area contributed by atoms with Gasteiger partial charge in [0.15, 0.2) is 0 Å². The summed E-state index contributed by atoms with van der Waals surface area (Å²) in [4.78, 5) is 2.35. The second kappa shape index (κ2) is 16.0. The number of hydrogen-bond acceptors (Lipinski definition) is 2. The predicted molar refractivity (Wildman–Crippen MR) is 282 cm³/mol. The van der Waals surface area contributed by atoms with Crippen LogP contribution >= 0.6 is 0 Å². The highest BCUT2D eigenvalue weighted by atomic mass is 16.3. The van der Waals surface area contributed by atoms with Crippen molar-refractivity contribution in [1.82, 2.24) is 4.57 Å². The smallest absolute Gasteiger partial charge is 0.136 e. The molecule has 2 heterocycles. The molecule has 314 valence electrons. The van der Waals surface area contributed by atoms with E-state index in [-0.39, 0.29) is 0 Å². The summed E-state index contributed by atoms with van der Waals surface area (Å²) in [6, 6.07) is 91.9. The normalized spacial score (nSPS) is 11.6. The van der Waals surface area contributed by atoms with Crippen LogP contribution in [0.3, 0.4) is 0 Å². The number of aromatic nitrogens is 1.